The number of aromatic amines is 1. The molecule has 2 heterocycles. The van der Waals surface area contributed by atoms with Gasteiger partial charge in [-0.25, -0.2) is 0 Å². The molecule has 3 aromatic rings. The smallest absolute Gasteiger partial charge is 0.109 e. The molecular weight excluding hydrogens is 420 g/mol. The second-order valence-corrected chi connectivity index (χ2v) is 8.40. The molecule has 8 nitrogen and oxygen atoms in total. The molecule has 1 aliphatic heterocycles. The zero-order valence-electron chi connectivity index (χ0n) is 18.1. The number of β-amino-alcohol motifs (C(OH)–C–C–N with tert-alkyl or cyclic N) is 1. The van der Waals surface area contributed by atoms with Gasteiger partial charge in [0.15, 0.2) is 0 Å². The van der Waals surface area contributed by atoms with Crippen molar-refractivity contribution >= 4 is 5.69 Å². The molecule has 0 saturated carbocycles. The van der Waals surface area contributed by atoms with Gasteiger partial charge in [0.1, 0.15) is 12.2 Å². The zero-order valence-corrected chi connectivity index (χ0v) is 18.1. The highest BCUT2D eigenvalue weighted by molar-refractivity contribution is 5.68. The van der Waals surface area contributed by atoms with Crippen molar-refractivity contribution in [2.75, 3.05) is 18.5 Å². The molecule has 0 spiro atoms. The highest BCUT2D eigenvalue weighted by atomic mass is 16.4. The molecule has 1 aliphatic rings. The fraction of sp³-hybridized carbons (Fsp3) is 0.320. The van der Waals surface area contributed by atoms with E-state index in [1.54, 1.807) is 4.90 Å². The summed E-state index contributed by atoms with van der Waals surface area (Å²) in [5.41, 5.74) is 5.25. The minimum Gasteiger partial charge on any atom is -0.395 e. The fourth-order valence-corrected chi connectivity index (χ4v) is 4.30. The van der Waals surface area contributed by atoms with Gasteiger partial charge < -0.3 is 30.7 Å². The quantitative estimate of drug-likeness (QED) is 0.322. The van der Waals surface area contributed by atoms with Crippen LogP contribution in [0.5, 0.6) is 0 Å². The number of aliphatic hydroxyl groups is 4. The third-order valence-corrected chi connectivity index (χ3v) is 6.06. The van der Waals surface area contributed by atoms with Crippen LogP contribution in [-0.4, -0.2) is 67.8 Å². The molecule has 0 radical (unpaired) electrons. The van der Waals surface area contributed by atoms with Crippen molar-refractivity contribution in [1.29, 1.82) is 5.26 Å². The normalized spacial score (nSPS) is 23.2. The number of nitrogens with one attached hydrogen (secondary N) is 2. The number of benzene rings is 2. The molecule has 33 heavy (non-hydrogen) atoms. The standard InChI is InChI=1S/C25H28N4O4/c26-11-18-8-19(21-5-2-6-27-21)10-20(9-18)28-12-16-3-1-4-17(7-16)13-29-14-23(31)25(33)24(32)22(29)15-30/h1-10,22-25,27-28,30-33H,12-15H2/t22-,23+,24-,25-/m1/s1. The summed E-state index contributed by atoms with van der Waals surface area (Å²) in [4.78, 5) is 4.94. The first-order valence-electron chi connectivity index (χ1n) is 10.9. The van der Waals surface area contributed by atoms with Crippen molar-refractivity contribution in [2.45, 2.75) is 37.4 Å². The maximum absolute atomic E-state index is 10.2. The molecule has 0 unspecified atom stereocenters. The van der Waals surface area contributed by atoms with Gasteiger partial charge in [-0.1, -0.05) is 24.3 Å². The van der Waals surface area contributed by atoms with Crippen LogP contribution in [0.2, 0.25) is 0 Å². The number of rotatable bonds is 7. The van der Waals surface area contributed by atoms with E-state index in [-0.39, 0.29) is 13.2 Å². The van der Waals surface area contributed by atoms with Crippen LogP contribution in [0.3, 0.4) is 0 Å². The van der Waals surface area contributed by atoms with Crippen LogP contribution in [0.4, 0.5) is 5.69 Å². The number of nitrogens with zero attached hydrogens (tertiary/aromatic N) is 2. The van der Waals surface area contributed by atoms with Crippen LogP contribution >= 0.6 is 0 Å². The van der Waals surface area contributed by atoms with Crippen molar-refractivity contribution in [1.82, 2.24) is 9.88 Å². The van der Waals surface area contributed by atoms with Gasteiger partial charge in [0.05, 0.1) is 30.4 Å². The van der Waals surface area contributed by atoms with E-state index in [9.17, 15) is 25.7 Å². The predicted molar refractivity (Wildman–Crippen MR) is 124 cm³/mol. The lowest BCUT2D eigenvalue weighted by Gasteiger charge is -2.43. The molecule has 0 amide bonds. The molecule has 4 atom stereocenters. The van der Waals surface area contributed by atoms with Crippen molar-refractivity contribution in [3.05, 3.63) is 77.5 Å². The average Bonchev–Trinajstić information content (AvgIpc) is 3.37. The van der Waals surface area contributed by atoms with E-state index in [1.807, 2.05) is 60.8 Å². The molecule has 1 aromatic heterocycles. The van der Waals surface area contributed by atoms with Gasteiger partial charge in [-0.2, -0.15) is 5.26 Å². The SMILES string of the molecule is N#Cc1cc(NCc2cccc(CN3C[C@H](O)[C@@H](O)[C@H](O)[C@H]3CO)c2)cc(-c2ccc[nH]2)c1. The Morgan fingerprint density at radius 3 is 2.58 bits per heavy atom. The Labute approximate surface area is 192 Å². The van der Waals surface area contributed by atoms with E-state index in [1.165, 1.54) is 0 Å². The molecule has 0 bridgehead atoms. The minimum absolute atomic E-state index is 0.161. The summed E-state index contributed by atoms with van der Waals surface area (Å²) >= 11 is 0. The number of nitriles is 1. The van der Waals surface area contributed by atoms with Crippen LogP contribution in [0.1, 0.15) is 16.7 Å². The summed E-state index contributed by atoms with van der Waals surface area (Å²) in [6.07, 6.45) is -1.72. The molecule has 2 aromatic carbocycles. The first-order chi connectivity index (χ1) is 16.0. The average molecular weight is 449 g/mol. The summed E-state index contributed by atoms with van der Waals surface area (Å²) in [6.45, 7) is 0.806. The van der Waals surface area contributed by atoms with Crippen LogP contribution in [-0.2, 0) is 13.1 Å². The van der Waals surface area contributed by atoms with Crippen LogP contribution in [0, 0.1) is 11.3 Å². The van der Waals surface area contributed by atoms with E-state index in [4.69, 9.17) is 0 Å². The van der Waals surface area contributed by atoms with Gasteiger partial charge >= 0.3 is 0 Å². The van der Waals surface area contributed by atoms with Gasteiger partial charge in [-0.15, -0.1) is 0 Å². The molecular formula is C25H28N4O4. The number of hydrogen-bond donors (Lipinski definition) is 6. The first kappa shape index (κ1) is 23.0. The molecule has 1 fully saturated rings. The third-order valence-electron chi connectivity index (χ3n) is 6.06. The lowest BCUT2D eigenvalue weighted by molar-refractivity contribution is -0.147. The number of aliphatic hydroxyl groups excluding tert-OH is 4. The summed E-state index contributed by atoms with van der Waals surface area (Å²) in [5, 5.41) is 52.6. The Balaban J connectivity index is 1.46. The van der Waals surface area contributed by atoms with Crippen LogP contribution < -0.4 is 5.32 Å². The molecule has 0 aliphatic carbocycles. The monoisotopic (exact) mass is 448 g/mol. The molecule has 172 valence electrons. The zero-order chi connectivity index (χ0) is 23.4. The second-order valence-electron chi connectivity index (χ2n) is 8.40. The van der Waals surface area contributed by atoms with E-state index in [0.717, 1.165) is 28.1 Å². The van der Waals surface area contributed by atoms with Gasteiger partial charge in [-0.05, 0) is 41.5 Å². The Morgan fingerprint density at radius 2 is 1.85 bits per heavy atom. The second kappa shape index (κ2) is 10.2. The van der Waals surface area contributed by atoms with Gasteiger partial charge in [0.25, 0.3) is 0 Å². The summed E-state index contributed by atoms with van der Waals surface area (Å²) < 4.78 is 0. The molecule has 4 rings (SSSR count). The van der Waals surface area contributed by atoms with E-state index in [2.05, 4.69) is 16.4 Å². The van der Waals surface area contributed by atoms with Crippen LogP contribution in [0.25, 0.3) is 11.3 Å². The predicted octanol–water partition coefficient (Wildman–Crippen LogP) is 1.42. The maximum atomic E-state index is 10.2. The Bertz CT molecular complexity index is 1110. The van der Waals surface area contributed by atoms with Crippen molar-refractivity contribution in [3.63, 3.8) is 0 Å². The highest BCUT2D eigenvalue weighted by Crippen LogP contribution is 2.25. The molecule has 6 N–H and O–H groups in total. The summed E-state index contributed by atoms with van der Waals surface area (Å²) in [5.74, 6) is 0. The number of piperidine rings is 1. The maximum Gasteiger partial charge on any atom is 0.109 e. The largest absolute Gasteiger partial charge is 0.395 e. The Morgan fingerprint density at radius 1 is 1.03 bits per heavy atom. The Hall–Kier alpha value is -3.19. The van der Waals surface area contributed by atoms with E-state index in [0.29, 0.717) is 18.7 Å². The Kier molecular flexibility index (Phi) is 7.08. The number of hydrogen-bond acceptors (Lipinski definition) is 7. The van der Waals surface area contributed by atoms with Crippen molar-refractivity contribution < 1.29 is 20.4 Å². The number of likely N-dealkylation sites (tertiary alicyclic amines) is 1. The van der Waals surface area contributed by atoms with Crippen LogP contribution in [0.15, 0.2) is 60.8 Å². The molecule has 1 saturated heterocycles. The van der Waals surface area contributed by atoms with E-state index < -0.39 is 24.4 Å². The number of aromatic nitrogens is 1. The fourth-order valence-electron chi connectivity index (χ4n) is 4.30. The summed E-state index contributed by atoms with van der Waals surface area (Å²) in [7, 11) is 0. The lowest BCUT2D eigenvalue weighted by Crippen LogP contribution is -2.62. The number of anilines is 1. The van der Waals surface area contributed by atoms with Crippen molar-refractivity contribution in [2.24, 2.45) is 0 Å². The highest BCUT2D eigenvalue weighted by Gasteiger charge is 2.40. The van der Waals surface area contributed by atoms with Gasteiger partial charge in [0, 0.05) is 42.8 Å². The van der Waals surface area contributed by atoms with Crippen molar-refractivity contribution in [3.8, 4) is 17.3 Å². The number of H-pyrrole nitrogens is 1. The summed E-state index contributed by atoms with van der Waals surface area (Å²) in [6, 6.07) is 19.0. The first-order valence-corrected chi connectivity index (χ1v) is 10.9. The minimum atomic E-state index is -1.27. The third kappa shape index (κ3) is 5.25. The van der Waals surface area contributed by atoms with E-state index >= 15 is 0 Å². The topological polar surface area (TPSA) is 136 Å². The molecule has 8 heteroatoms. The lowest BCUT2D eigenvalue weighted by atomic mass is 9.93. The van der Waals surface area contributed by atoms with Gasteiger partial charge in [0.2, 0.25) is 0 Å². The van der Waals surface area contributed by atoms with Gasteiger partial charge in [-0.3, -0.25) is 4.90 Å².